The van der Waals surface area contributed by atoms with Crippen molar-refractivity contribution in [3.05, 3.63) is 65.1 Å². The van der Waals surface area contributed by atoms with Gasteiger partial charge in [0.1, 0.15) is 0 Å². The Hall–Kier alpha value is -2.96. The Morgan fingerprint density at radius 1 is 1.09 bits per heavy atom. The molecule has 1 N–H and O–H groups in total. The van der Waals surface area contributed by atoms with Crippen LogP contribution in [0.5, 0.6) is 5.88 Å². The highest BCUT2D eigenvalue weighted by molar-refractivity contribution is 6.33. The lowest BCUT2D eigenvalue weighted by atomic mass is 9.96. The number of nitrogens with zero attached hydrogens (tertiary/aromatic N) is 3. The van der Waals surface area contributed by atoms with Crippen LogP contribution in [0.3, 0.4) is 0 Å². The van der Waals surface area contributed by atoms with Gasteiger partial charge in [-0.05, 0) is 55.5 Å². The van der Waals surface area contributed by atoms with E-state index in [1.807, 2.05) is 24.4 Å². The smallest absolute Gasteiger partial charge is 0.253 e. The van der Waals surface area contributed by atoms with Gasteiger partial charge in [0.05, 0.1) is 12.7 Å². The van der Waals surface area contributed by atoms with Crippen molar-refractivity contribution in [2.45, 2.75) is 31.8 Å². The van der Waals surface area contributed by atoms with Crippen LogP contribution >= 0.6 is 11.6 Å². The average Bonchev–Trinajstić information content (AvgIpc) is 2.84. The quantitative estimate of drug-likeness (QED) is 0.642. The molecule has 0 unspecified atom stereocenters. The van der Waals surface area contributed by atoms with Crippen LogP contribution < -0.4 is 4.74 Å². The van der Waals surface area contributed by atoms with Gasteiger partial charge < -0.3 is 14.7 Å². The zero-order valence-electron chi connectivity index (χ0n) is 17.6. The molecule has 6 nitrogen and oxygen atoms in total. The largest absolute Gasteiger partial charge is 0.477 e. The van der Waals surface area contributed by atoms with E-state index in [1.54, 1.807) is 23.4 Å². The van der Waals surface area contributed by atoms with Crippen LogP contribution in [0, 0.1) is 0 Å². The maximum Gasteiger partial charge on any atom is 0.253 e. The summed E-state index contributed by atoms with van der Waals surface area (Å²) in [6.07, 6.45) is 8.18. The molecule has 2 aliphatic heterocycles. The highest BCUT2D eigenvalue weighted by atomic mass is 35.5. The second-order valence-corrected chi connectivity index (χ2v) is 8.68. The van der Waals surface area contributed by atoms with Crippen molar-refractivity contribution in [3.8, 4) is 28.1 Å². The molecular formula is C25H24ClN3O3. The molecule has 0 radical (unpaired) electrons. The number of aliphatic hydroxyl groups excluding tert-OH is 1. The van der Waals surface area contributed by atoms with Crippen molar-refractivity contribution in [3.63, 3.8) is 0 Å². The molecule has 0 spiro atoms. The highest BCUT2D eigenvalue weighted by Crippen LogP contribution is 2.35. The predicted octanol–water partition coefficient (Wildman–Crippen LogP) is 4.39. The maximum atomic E-state index is 12.8. The Bertz CT molecular complexity index is 1160. The highest BCUT2D eigenvalue weighted by Gasteiger charge is 2.23. The molecule has 32 heavy (non-hydrogen) atoms. The van der Waals surface area contributed by atoms with E-state index in [4.69, 9.17) is 16.3 Å². The number of aliphatic hydroxyl groups is 1. The Morgan fingerprint density at radius 2 is 1.88 bits per heavy atom. The minimum absolute atomic E-state index is 0.0550. The summed E-state index contributed by atoms with van der Waals surface area (Å²) in [7, 11) is 0. The van der Waals surface area contributed by atoms with E-state index in [2.05, 4.69) is 16.0 Å². The minimum Gasteiger partial charge on any atom is -0.477 e. The predicted molar refractivity (Wildman–Crippen MR) is 123 cm³/mol. The molecule has 1 aromatic carbocycles. The molecule has 0 bridgehead atoms. The van der Waals surface area contributed by atoms with Gasteiger partial charge in [-0.1, -0.05) is 17.7 Å². The summed E-state index contributed by atoms with van der Waals surface area (Å²) in [5, 5.41) is 10.2. The zero-order valence-corrected chi connectivity index (χ0v) is 18.4. The van der Waals surface area contributed by atoms with E-state index in [0.717, 1.165) is 40.7 Å². The number of rotatable bonds is 3. The summed E-state index contributed by atoms with van der Waals surface area (Å²) >= 11 is 6.62. The maximum absolute atomic E-state index is 12.8. The van der Waals surface area contributed by atoms with Crippen molar-refractivity contribution in [2.24, 2.45) is 0 Å². The second kappa shape index (κ2) is 8.88. The number of piperidine rings is 1. The summed E-state index contributed by atoms with van der Waals surface area (Å²) in [6, 6.07) is 9.46. The van der Waals surface area contributed by atoms with Crippen molar-refractivity contribution in [1.82, 2.24) is 14.9 Å². The summed E-state index contributed by atoms with van der Waals surface area (Å²) < 4.78 is 5.71. The molecule has 1 amide bonds. The number of pyridine rings is 2. The first kappa shape index (κ1) is 20.9. The molecule has 0 saturated carbocycles. The van der Waals surface area contributed by atoms with Crippen molar-refractivity contribution < 1.29 is 14.6 Å². The first-order valence-electron chi connectivity index (χ1n) is 10.9. The first-order valence-corrected chi connectivity index (χ1v) is 11.3. The number of likely N-dealkylation sites (tertiary alicyclic amines) is 1. The van der Waals surface area contributed by atoms with E-state index in [-0.39, 0.29) is 12.0 Å². The third-order valence-corrected chi connectivity index (χ3v) is 6.47. The minimum atomic E-state index is -0.317. The monoisotopic (exact) mass is 449 g/mol. The molecule has 3 aromatic rings. The number of aromatic nitrogens is 2. The van der Waals surface area contributed by atoms with Crippen molar-refractivity contribution in [2.75, 3.05) is 19.7 Å². The number of halogens is 1. The van der Waals surface area contributed by atoms with Gasteiger partial charge in [-0.25, -0.2) is 4.98 Å². The average molecular weight is 450 g/mol. The Morgan fingerprint density at radius 3 is 2.66 bits per heavy atom. The van der Waals surface area contributed by atoms with Crippen LogP contribution in [0.4, 0.5) is 0 Å². The molecular weight excluding hydrogens is 426 g/mol. The van der Waals surface area contributed by atoms with Gasteiger partial charge in [0.2, 0.25) is 5.88 Å². The molecule has 164 valence electrons. The fourth-order valence-electron chi connectivity index (χ4n) is 4.40. The number of benzene rings is 1. The number of hydrogen-bond acceptors (Lipinski definition) is 5. The number of hydrogen-bond donors (Lipinski definition) is 1. The zero-order chi connectivity index (χ0) is 22.1. The molecule has 0 aliphatic carbocycles. The van der Waals surface area contributed by atoms with Gasteiger partial charge in [-0.15, -0.1) is 0 Å². The Balaban J connectivity index is 1.43. The van der Waals surface area contributed by atoms with Gasteiger partial charge in [0.15, 0.2) is 0 Å². The normalized spacial score (nSPS) is 16.4. The molecule has 1 saturated heterocycles. The molecule has 4 heterocycles. The van der Waals surface area contributed by atoms with Crippen LogP contribution in [-0.4, -0.2) is 51.7 Å². The first-order chi connectivity index (χ1) is 15.6. The molecule has 0 atom stereocenters. The molecule has 5 rings (SSSR count). The Labute approximate surface area is 191 Å². The van der Waals surface area contributed by atoms with E-state index in [9.17, 15) is 9.90 Å². The van der Waals surface area contributed by atoms with E-state index < -0.39 is 0 Å². The van der Waals surface area contributed by atoms with Crippen LogP contribution in [0.1, 0.15) is 35.2 Å². The lowest BCUT2D eigenvalue weighted by Crippen LogP contribution is -2.40. The van der Waals surface area contributed by atoms with Gasteiger partial charge in [0.25, 0.3) is 5.91 Å². The summed E-state index contributed by atoms with van der Waals surface area (Å²) in [5.74, 6) is 0.644. The summed E-state index contributed by atoms with van der Waals surface area (Å²) in [6.45, 7) is 1.82. The van der Waals surface area contributed by atoms with E-state index in [1.165, 1.54) is 0 Å². The lowest BCUT2D eigenvalue weighted by Gasteiger charge is -2.29. The second-order valence-electron chi connectivity index (χ2n) is 8.27. The van der Waals surface area contributed by atoms with Crippen LogP contribution in [0.2, 0.25) is 5.02 Å². The van der Waals surface area contributed by atoms with E-state index in [0.29, 0.717) is 49.0 Å². The Kier molecular flexibility index (Phi) is 5.81. The van der Waals surface area contributed by atoms with Crippen LogP contribution in [0.15, 0.2) is 48.9 Å². The van der Waals surface area contributed by atoms with Crippen molar-refractivity contribution >= 4 is 17.5 Å². The van der Waals surface area contributed by atoms with E-state index >= 15 is 0 Å². The van der Waals surface area contributed by atoms with Crippen LogP contribution in [0.25, 0.3) is 22.3 Å². The van der Waals surface area contributed by atoms with Gasteiger partial charge >= 0.3 is 0 Å². The summed E-state index contributed by atoms with van der Waals surface area (Å²) in [4.78, 5) is 23.4. The third kappa shape index (κ3) is 4.08. The third-order valence-electron chi connectivity index (χ3n) is 6.15. The van der Waals surface area contributed by atoms with Crippen molar-refractivity contribution in [1.29, 1.82) is 0 Å². The van der Waals surface area contributed by atoms with Gasteiger partial charge in [0, 0.05) is 64.5 Å². The number of carbonyl (C=O) groups is 1. The topological polar surface area (TPSA) is 75.5 Å². The SMILES string of the molecule is O=C(c1ccc(-c2cncc(-c3ccnc4c3CCCO4)c2)c(Cl)c1)N1CCC(O)CC1. The van der Waals surface area contributed by atoms with Gasteiger partial charge in [-0.3, -0.25) is 9.78 Å². The molecule has 7 heteroatoms. The summed E-state index contributed by atoms with van der Waals surface area (Å²) in [5.41, 5.74) is 5.42. The lowest BCUT2D eigenvalue weighted by molar-refractivity contribution is 0.0546. The molecule has 2 aromatic heterocycles. The number of fused-ring (bicyclic) bond motifs is 1. The number of carbonyl (C=O) groups excluding carboxylic acids is 1. The van der Waals surface area contributed by atoms with Crippen LogP contribution in [-0.2, 0) is 6.42 Å². The molecule has 2 aliphatic rings. The number of ether oxygens (including phenoxy) is 1. The standard InChI is InChI=1S/C25H24ClN3O3/c26-23-13-16(25(31)29-9-6-19(30)7-10-29)3-4-21(23)18-12-17(14-27-15-18)20-5-8-28-24-22(20)2-1-11-32-24/h3-5,8,12-15,19,30H,1-2,6-7,9-11H2. The fraction of sp³-hybridized carbons (Fsp3) is 0.320. The van der Waals surface area contributed by atoms with Gasteiger partial charge in [-0.2, -0.15) is 0 Å². The molecule has 1 fully saturated rings. The number of amides is 1. The fourth-order valence-corrected chi connectivity index (χ4v) is 4.69.